The van der Waals surface area contributed by atoms with E-state index in [4.69, 9.17) is 16.6 Å². The second kappa shape index (κ2) is 7.27. The predicted molar refractivity (Wildman–Crippen MR) is 106 cm³/mol. The standard InChI is InChI=1S/C18H14N2O4S2/c1-3-8-19-17(21)16(26-18(19)25)10-13-5-7-15(24-13)14-6-4-12(20(22)23)9-11(14)2/h3-7,9-10H,1,8H2,2H3/b16-10+. The van der Waals surface area contributed by atoms with Crippen molar-refractivity contribution in [3.8, 4) is 11.3 Å². The fraction of sp³-hybridized carbons (Fsp3) is 0.111. The molecule has 8 heteroatoms. The summed E-state index contributed by atoms with van der Waals surface area (Å²) in [6.07, 6.45) is 3.27. The highest BCUT2D eigenvalue weighted by molar-refractivity contribution is 8.26. The third-order valence-corrected chi connectivity index (χ3v) is 5.15. The van der Waals surface area contributed by atoms with Crippen LogP contribution in [0.25, 0.3) is 17.4 Å². The molecular formula is C18H14N2O4S2. The van der Waals surface area contributed by atoms with Gasteiger partial charge >= 0.3 is 0 Å². The Morgan fingerprint density at radius 2 is 2.15 bits per heavy atom. The summed E-state index contributed by atoms with van der Waals surface area (Å²) in [4.78, 5) is 24.7. The van der Waals surface area contributed by atoms with Crippen LogP contribution in [-0.2, 0) is 4.79 Å². The number of amides is 1. The predicted octanol–water partition coefficient (Wildman–Crippen LogP) is 4.55. The molecule has 0 radical (unpaired) electrons. The number of benzene rings is 1. The van der Waals surface area contributed by atoms with Gasteiger partial charge in [0.05, 0.1) is 9.83 Å². The Kier molecular flexibility index (Phi) is 5.06. The Labute approximate surface area is 159 Å². The molecule has 1 aliphatic heterocycles. The summed E-state index contributed by atoms with van der Waals surface area (Å²) in [6, 6.07) is 8.10. The van der Waals surface area contributed by atoms with Gasteiger partial charge in [0.1, 0.15) is 15.8 Å². The van der Waals surface area contributed by atoms with Crippen molar-refractivity contribution in [1.82, 2.24) is 4.90 Å². The number of hydrogen-bond acceptors (Lipinski definition) is 6. The van der Waals surface area contributed by atoms with Gasteiger partial charge in [0.2, 0.25) is 0 Å². The summed E-state index contributed by atoms with van der Waals surface area (Å²) in [5.74, 6) is 0.909. The van der Waals surface area contributed by atoms with Crippen molar-refractivity contribution in [2.24, 2.45) is 0 Å². The second-order valence-corrected chi connectivity index (χ2v) is 7.22. The van der Waals surface area contributed by atoms with E-state index in [1.54, 1.807) is 37.3 Å². The van der Waals surface area contributed by atoms with Crippen molar-refractivity contribution in [1.29, 1.82) is 0 Å². The van der Waals surface area contributed by atoms with Crippen molar-refractivity contribution in [3.63, 3.8) is 0 Å². The fourth-order valence-electron chi connectivity index (χ4n) is 2.53. The van der Waals surface area contributed by atoms with Crippen molar-refractivity contribution >= 4 is 46.0 Å². The summed E-state index contributed by atoms with van der Waals surface area (Å²) < 4.78 is 6.28. The lowest BCUT2D eigenvalue weighted by atomic mass is 10.1. The molecule has 0 bridgehead atoms. The number of carbonyl (C=O) groups excluding carboxylic acids is 1. The molecule has 2 aromatic rings. The minimum Gasteiger partial charge on any atom is -0.457 e. The first kappa shape index (κ1) is 18.1. The number of rotatable bonds is 5. The smallest absolute Gasteiger partial charge is 0.269 e. The van der Waals surface area contributed by atoms with E-state index in [2.05, 4.69) is 6.58 Å². The molecule has 1 amide bonds. The SMILES string of the molecule is C=CCN1C(=O)/C(=C\c2ccc(-c3ccc([N+](=O)[O-])cc3C)o2)SC1=S. The number of thioether (sulfide) groups is 1. The van der Waals surface area contributed by atoms with Gasteiger partial charge in [-0.25, -0.2) is 0 Å². The summed E-state index contributed by atoms with van der Waals surface area (Å²) in [6.45, 7) is 5.77. The lowest BCUT2D eigenvalue weighted by Gasteiger charge is -2.10. The molecule has 1 saturated heterocycles. The van der Waals surface area contributed by atoms with E-state index in [0.717, 1.165) is 11.1 Å². The topological polar surface area (TPSA) is 76.6 Å². The molecule has 0 spiro atoms. The van der Waals surface area contributed by atoms with Gasteiger partial charge in [-0.1, -0.05) is 30.1 Å². The number of hydrogen-bond donors (Lipinski definition) is 0. The first-order chi connectivity index (χ1) is 12.4. The molecule has 0 atom stereocenters. The Hall–Kier alpha value is -2.71. The van der Waals surface area contributed by atoms with E-state index in [1.807, 2.05) is 0 Å². The van der Waals surface area contributed by atoms with Crippen molar-refractivity contribution < 1.29 is 14.1 Å². The largest absolute Gasteiger partial charge is 0.457 e. The molecular weight excluding hydrogens is 372 g/mol. The van der Waals surface area contributed by atoms with E-state index >= 15 is 0 Å². The van der Waals surface area contributed by atoms with Crippen LogP contribution in [0, 0.1) is 17.0 Å². The number of non-ortho nitro benzene ring substituents is 1. The van der Waals surface area contributed by atoms with E-state index in [-0.39, 0.29) is 11.6 Å². The van der Waals surface area contributed by atoms with Gasteiger partial charge in [-0.05, 0) is 30.7 Å². The summed E-state index contributed by atoms with van der Waals surface area (Å²) in [5, 5.41) is 10.8. The minimum atomic E-state index is -0.435. The van der Waals surface area contributed by atoms with Gasteiger partial charge < -0.3 is 4.42 Å². The normalized spacial score (nSPS) is 15.7. The molecule has 26 heavy (non-hydrogen) atoms. The lowest BCUT2D eigenvalue weighted by molar-refractivity contribution is -0.384. The highest BCUT2D eigenvalue weighted by Crippen LogP contribution is 2.34. The van der Waals surface area contributed by atoms with Gasteiger partial charge in [-0.2, -0.15) is 0 Å². The maximum absolute atomic E-state index is 12.3. The first-order valence-electron chi connectivity index (χ1n) is 7.62. The van der Waals surface area contributed by atoms with Crippen LogP contribution in [0.3, 0.4) is 0 Å². The number of aryl methyl sites for hydroxylation is 1. The van der Waals surface area contributed by atoms with Gasteiger partial charge in [0.25, 0.3) is 11.6 Å². The van der Waals surface area contributed by atoms with Gasteiger partial charge in [-0.3, -0.25) is 19.8 Å². The Bertz CT molecular complexity index is 962. The van der Waals surface area contributed by atoms with Crippen LogP contribution in [0.4, 0.5) is 5.69 Å². The van der Waals surface area contributed by atoms with Crippen molar-refractivity contribution in [2.75, 3.05) is 6.54 Å². The molecule has 2 heterocycles. The fourth-order valence-corrected chi connectivity index (χ4v) is 3.78. The third kappa shape index (κ3) is 3.47. The number of nitrogens with zero attached hydrogens (tertiary/aromatic N) is 2. The second-order valence-electron chi connectivity index (χ2n) is 5.54. The molecule has 0 aliphatic carbocycles. The summed E-state index contributed by atoms with van der Waals surface area (Å²) >= 11 is 6.42. The van der Waals surface area contributed by atoms with Crippen LogP contribution in [-0.4, -0.2) is 26.6 Å². The maximum atomic E-state index is 12.3. The van der Waals surface area contributed by atoms with Crippen LogP contribution in [0.5, 0.6) is 0 Å². The highest BCUT2D eigenvalue weighted by atomic mass is 32.2. The Balaban J connectivity index is 1.87. The molecule has 6 nitrogen and oxygen atoms in total. The van der Waals surface area contributed by atoms with Crippen molar-refractivity contribution in [2.45, 2.75) is 6.92 Å². The van der Waals surface area contributed by atoms with Gasteiger partial charge in [0.15, 0.2) is 0 Å². The zero-order chi connectivity index (χ0) is 18.8. The van der Waals surface area contributed by atoms with E-state index in [9.17, 15) is 14.9 Å². The van der Waals surface area contributed by atoms with E-state index < -0.39 is 4.92 Å². The summed E-state index contributed by atoms with van der Waals surface area (Å²) in [5.41, 5.74) is 1.52. The number of nitro groups is 1. The van der Waals surface area contributed by atoms with Crippen LogP contribution in [0.2, 0.25) is 0 Å². The van der Waals surface area contributed by atoms with E-state index in [1.165, 1.54) is 28.8 Å². The molecule has 132 valence electrons. The molecule has 1 aromatic heterocycles. The van der Waals surface area contributed by atoms with Crippen LogP contribution < -0.4 is 0 Å². The Morgan fingerprint density at radius 1 is 1.38 bits per heavy atom. The van der Waals surface area contributed by atoms with Crippen LogP contribution >= 0.6 is 24.0 Å². The zero-order valence-electron chi connectivity index (χ0n) is 13.8. The number of furan rings is 1. The number of thiocarbonyl (C=S) groups is 1. The van der Waals surface area contributed by atoms with Gasteiger partial charge in [-0.15, -0.1) is 6.58 Å². The van der Waals surface area contributed by atoms with Gasteiger partial charge in [0, 0.05) is 30.3 Å². The molecule has 1 aliphatic rings. The molecule has 1 aromatic carbocycles. The minimum absolute atomic E-state index is 0.0314. The monoisotopic (exact) mass is 386 g/mol. The quantitative estimate of drug-likeness (QED) is 0.247. The first-order valence-corrected chi connectivity index (χ1v) is 8.84. The molecule has 0 saturated carbocycles. The zero-order valence-corrected chi connectivity index (χ0v) is 15.4. The Morgan fingerprint density at radius 3 is 2.81 bits per heavy atom. The maximum Gasteiger partial charge on any atom is 0.269 e. The molecule has 1 fully saturated rings. The number of carbonyl (C=O) groups is 1. The van der Waals surface area contributed by atoms with Crippen LogP contribution in [0.1, 0.15) is 11.3 Å². The molecule has 0 N–H and O–H groups in total. The average molecular weight is 386 g/mol. The van der Waals surface area contributed by atoms with E-state index in [0.29, 0.717) is 27.3 Å². The third-order valence-electron chi connectivity index (χ3n) is 3.77. The molecule has 3 rings (SSSR count). The summed E-state index contributed by atoms with van der Waals surface area (Å²) in [7, 11) is 0. The average Bonchev–Trinajstić information content (AvgIpc) is 3.15. The van der Waals surface area contributed by atoms with Crippen LogP contribution in [0.15, 0.2) is 52.3 Å². The van der Waals surface area contributed by atoms with Crippen molar-refractivity contribution in [3.05, 3.63) is 69.3 Å². The number of nitro benzene ring substituents is 1. The highest BCUT2D eigenvalue weighted by Gasteiger charge is 2.31. The lowest BCUT2D eigenvalue weighted by Crippen LogP contribution is -2.27. The molecule has 0 unspecified atom stereocenters.